The van der Waals surface area contributed by atoms with Gasteiger partial charge in [-0.15, -0.1) is 0 Å². The molecule has 0 bridgehead atoms. The van der Waals surface area contributed by atoms with Crippen molar-refractivity contribution in [1.82, 2.24) is 24.9 Å². The van der Waals surface area contributed by atoms with Crippen LogP contribution in [0.5, 0.6) is 0 Å². The van der Waals surface area contributed by atoms with Gasteiger partial charge in [0.15, 0.2) is 9.84 Å². The van der Waals surface area contributed by atoms with E-state index in [0.29, 0.717) is 30.2 Å². The van der Waals surface area contributed by atoms with Crippen LogP contribution >= 0.6 is 0 Å². The Bertz CT molecular complexity index is 2010. The molecule has 2 aromatic rings. The molecule has 4 atom stereocenters. The van der Waals surface area contributed by atoms with Crippen molar-refractivity contribution >= 4 is 34.2 Å². The first kappa shape index (κ1) is 44.7. The Balaban J connectivity index is 0.877. The molecule has 1 N–H and O–H groups in total. The van der Waals surface area contributed by atoms with Gasteiger partial charge in [-0.3, -0.25) is 14.7 Å². The molecule has 1 saturated carbocycles. The van der Waals surface area contributed by atoms with E-state index in [2.05, 4.69) is 37.7 Å². The molecule has 2 aromatic carbocycles. The Morgan fingerprint density at radius 1 is 0.887 bits per heavy atom. The second-order valence-electron chi connectivity index (χ2n) is 19.0. The third-order valence-corrected chi connectivity index (χ3v) is 17.6. The highest BCUT2D eigenvalue weighted by molar-refractivity contribution is 7.92. The fourth-order valence-corrected chi connectivity index (χ4v) is 13.7. The normalized spacial score (nSPS) is 27.1. The molecule has 5 aliphatic heterocycles. The Morgan fingerprint density at radius 3 is 2.31 bits per heavy atom. The molecular formula is C48H68FN7O5S. The molecule has 1 unspecified atom stereocenters. The van der Waals surface area contributed by atoms with Crippen LogP contribution in [0.15, 0.2) is 70.6 Å². The predicted molar refractivity (Wildman–Crippen MR) is 242 cm³/mol. The molecule has 1 aliphatic carbocycles. The number of hydrogen-bond donors (Lipinski definition) is 1. The fraction of sp³-hybridized carbons (Fsp3) is 0.646. The summed E-state index contributed by atoms with van der Waals surface area (Å²) in [6.07, 6.45) is 13.4. The van der Waals surface area contributed by atoms with Crippen LogP contribution in [-0.4, -0.2) is 156 Å². The van der Waals surface area contributed by atoms with Crippen LogP contribution < -0.4 is 10.2 Å². The largest absolute Gasteiger partial charge is 0.453 e. The zero-order valence-corrected chi connectivity index (χ0v) is 37.6. The Labute approximate surface area is 368 Å². The molecular weight excluding hydrogens is 806 g/mol. The van der Waals surface area contributed by atoms with Crippen molar-refractivity contribution < 1.29 is 27.1 Å². The standard InChI is InChI=1S/C48H68FN7O5S/c1-50-48(22-7-14-44(48)51-46(58)61-2)47(36-54-26-10-27-54,39-11-6-12-40(49)31-39)38-20-29-53(30-21-38)32-37-33-56(34-37)41-16-18-42(19-17-41)62(59,60)43-13-8-28-55(35-43)45(57)15-9-25-52-23-4-3-5-24-52/h6,9,11-12,15-19,31,37-38,43-44H,1,3-5,7-8,10,13-14,20-30,32-36H2,2H3,(H,51,58)/b15-9+/t43-,44+,47?,48-/m1/s1. The van der Waals surface area contributed by atoms with Gasteiger partial charge in [0.1, 0.15) is 5.82 Å². The number of nitrogens with zero attached hydrogens (tertiary/aromatic N) is 6. The molecule has 0 spiro atoms. The predicted octanol–water partition coefficient (Wildman–Crippen LogP) is 5.77. The van der Waals surface area contributed by atoms with Gasteiger partial charge >= 0.3 is 6.09 Å². The molecule has 62 heavy (non-hydrogen) atoms. The third kappa shape index (κ3) is 9.21. The quantitative estimate of drug-likeness (QED) is 0.176. The van der Waals surface area contributed by atoms with E-state index in [1.54, 1.807) is 29.2 Å². The van der Waals surface area contributed by atoms with Crippen LogP contribution in [0.1, 0.15) is 76.2 Å². The summed E-state index contributed by atoms with van der Waals surface area (Å²) in [5.41, 5.74) is 0.693. The van der Waals surface area contributed by atoms with Crippen LogP contribution in [0.25, 0.3) is 0 Å². The van der Waals surface area contributed by atoms with Gasteiger partial charge in [-0.2, -0.15) is 0 Å². The zero-order chi connectivity index (χ0) is 43.3. The number of benzene rings is 2. The van der Waals surface area contributed by atoms with Gasteiger partial charge in [0.25, 0.3) is 0 Å². The maximum absolute atomic E-state index is 15.2. The summed E-state index contributed by atoms with van der Waals surface area (Å²) < 4.78 is 48.0. The first-order chi connectivity index (χ1) is 30.0. The van der Waals surface area contributed by atoms with E-state index in [4.69, 9.17) is 9.73 Å². The maximum atomic E-state index is 15.2. The molecule has 8 rings (SSSR count). The number of piperidine rings is 3. The molecule has 0 aromatic heterocycles. The summed E-state index contributed by atoms with van der Waals surface area (Å²) in [4.78, 5) is 42.5. The molecule has 0 radical (unpaired) electrons. The van der Waals surface area contributed by atoms with Crippen LogP contribution in [0.2, 0.25) is 0 Å². The number of amides is 2. The minimum Gasteiger partial charge on any atom is -0.453 e. The van der Waals surface area contributed by atoms with Gasteiger partial charge in [-0.05, 0) is 158 Å². The molecule has 2 amide bonds. The molecule has 338 valence electrons. The number of methoxy groups -OCH3 is 1. The second kappa shape index (κ2) is 19.5. The smallest absolute Gasteiger partial charge is 0.407 e. The van der Waals surface area contributed by atoms with Gasteiger partial charge in [-0.1, -0.05) is 24.6 Å². The molecule has 5 saturated heterocycles. The van der Waals surface area contributed by atoms with Crippen molar-refractivity contribution in [3.63, 3.8) is 0 Å². The highest BCUT2D eigenvalue weighted by Gasteiger charge is 2.63. The van der Waals surface area contributed by atoms with E-state index < -0.39 is 32.1 Å². The van der Waals surface area contributed by atoms with Crippen molar-refractivity contribution in [2.24, 2.45) is 16.8 Å². The number of rotatable bonds is 15. The first-order valence-electron chi connectivity index (χ1n) is 23.3. The number of carbonyl (C=O) groups is 2. The third-order valence-electron chi connectivity index (χ3n) is 15.4. The SMILES string of the molecule is C=N[C@]1(C(CN2CCC2)(c2cccc(F)c2)C2CCN(CC3CN(c4ccc(S(=O)(=O)[C@@H]5CCCN(C(=O)/C=C/CN6CCCCC6)C5)cc4)C3)CC2)CCC[C@@H]1NC(=O)OC. The number of hydrogen-bond acceptors (Lipinski definition) is 10. The lowest BCUT2D eigenvalue weighted by Crippen LogP contribution is -2.68. The number of sulfone groups is 1. The number of carbonyl (C=O) groups excluding carboxylic acids is 2. The van der Waals surface area contributed by atoms with Gasteiger partial charge in [-0.25, -0.2) is 17.6 Å². The summed E-state index contributed by atoms with van der Waals surface area (Å²) >= 11 is 0. The van der Waals surface area contributed by atoms with E-state index in [1.807, 2.05) is 24.3 Å². The summed E-state index contributed by atoms with van der Waals surface area (Å²) in [6, 6.07) is 14.2. The number of likely N-dealkylation sites (tertiary alicyclic amines) is 4. The average Bonchev–Trinajstić information content (AvgIpc) is 3.68. The zero-order valence-electron chi connectivity index (χ0n) is 36.8. The van der Waals surface area contributed by atoms with E-state index in [-0.39, 0.29) is 30.2 Å². The van der Waals surface area contributed by atoms with Crippen LogP contribution in [0.3, 0.4) is 0 Å². The van der Waals surface area contributed by atoms with Gasteiger partial charge in [0, 0.05) is 68.9 Å². The summed E-state index contributed by atoms with van der Waals surface area (Å²) in [5.74, 6) is 0.332. The Kier molecular flexibility index (Phi) is 14.1. The minimum absolute atomic E-state index is 0.0984. The number of alkyl carbamates (subject to hydrolysis) is 1. The van der Waals surface area contributed by atoms with Crippen molar-refractivity contribution in [3.8, 4) is 0 Å². The molecule has 6 fully saturated rings. The molecule has 5 heterocycles. The number of aliphatic imine (C=N–C) groups is 1. The van der Waals surface area contributed by atoms with Crippen molar-refractivity contribution in [2.45, 2.75) is 97.8 Å². The first-order valence-corrected chi connectivity index (χ1v) is 24.9. The lowest BCUT2D eigenvalue weighted by atomic mass is 9.54. The lowest BCUT2D eigenvalue weighted by molar-refractivity contribution is -0.126. The summed E-state index contributed by atoms with van der Waals surface area (Å²) in [5, 5.41) is 2.54. The Hall–Kier alpha value is -3.85. The van der Waals surface area contributed by atoms with Crippen LogP contribution in [-0.2, 0) is 24.8 Å². The van der Waals surface area contributed by atoms with Gasteiger partial charge in [0.05, 0.1) is 28.8 Å². The average molecular weight is 874 g/mol. The molecule has 14 heteroatoms. The van der Waals surface area contributed by atoms with Crippen molar-refractivity contribution in [3.05, 3.63) is 72.1 Å². The topological polar surface area (TPSA) is 118 Å². The number of anilines is 1. The second-order valence-corrected chi connectivity index (χ2v) is 21.2. The summed E-state index contributed by atoms with van der Waals surface area (Å²) in [7, 11) is -2.21. The highest BCUT2D eigenvalue weighted by Crippen LogP contribution is 2.56. The van der Waals surface area contributed by atoms with Crippen LogP contribution in [0, 0.1) is 17.7 Å². The molecule has 6 aliphatic rings. The van der Waals surface area contributed by atoms with E-state index in [9.17, 15) is 18.0 Å². The highest BCUT2D eigenvalue weighted by atomic mass is 32.2. The van der Waals surface area contributed by atoms with Crippen molar-refractivity contribution in [1.29, 1.82) is 0 Å². The van der Waals surface area contributed by atoms with E-state index in [1.165, 1.54) is 32.4 Å². The van der Waals surface area contributed by atoms with Crippen LogP contribution in [0.4, 0.5) is 14.9 Å². The van der Waals surface area contributed by atoms with E-state index >= 15 is 4.39 Å². The maximum Gasteiger partial charge on any atom is 0.407 e. The number of ether oxygens (including phenoxy) is 1. The van der Waals surface area contributed by atoms with Gasteiger partial charge in [0.2, 0.25) is 5.91 Å². The number of nitrogens with one attached hydrogen (secondary N) is 1. The van der Waals surface area contributed by atoms with Gasteiger partial charge < -0.3 is 29.7 Å². The fourth-order valence-electron chi connectivity index (χ4n) is 12.0. The number of halogens is 1. The van der Waals surface area contributed by atoms with Crippen molar-refractivity contribution in [2.75, 3.05) is 97.1 Å². The summed E-state index contributed by atoms with van der Waals surface area (Å²) in [6.45, 7) is 15.3. The lowest BCUT2D eigenvalue weighted by Gasteiger charge is -2.58. The Morgan fingerprint density at radius 2 is 1.63 bits per heavy atom. The minimum atomic E-state index is -3.59. The molecule has 12 nitrogen and oxygen atoms in total. The monoisotopic (exact) mass is 873 g/mol. The van der Waals surface area contributed by atoms with E-state index in [0.717, 1.165) is 122 Å².